The van der Waals surface area contributed by atoms with Crippen LogP contribution in [0, 0.1) is 17.2 Å². The van der Waals surface area contributed by atoms with Crippen molar-refractivity contribution >= 4 is 11.8 Å². The summed E-state index contributed by atoms with van der Waals surface area (Å²) in [7, 11) is 3.83. The number of amides is 2. The summed E-state index contributed by atoms with van der Waals surface area (Å²) in [6.45, 7) is 3.26. The van der Waals surface area contributed by atoms with Crippen LogP contribution in [0.15, 0.2) is 24.4 Å². The molecule has 28 heavy (non-hydrogen) atoms. The van der Waals surface area contributed by atoms with Crippen LogP contribution in [0.4, 0.5) is 13.2 Å². The summed E-state index contributed by atoms with van der Waals surface area (Å²) in [6, 6.07) is 3.60. The smallest absolute Gasteiger partial charge is 0.422 e. The molecule has 0 saturated carbocycles. The highest BCUT2D eigenvalue weighted by Crippen LogP contribution is 2.43. The lowest BCUT2D eigenvalue weighted by atomic mass is 9.84. The minimum Gasteiger partial charge on any atom is -0.493 e. The van der Waals surface area contributed by atoms with Crippen LogP contribution in [0.5, 0.6) is 17.2 Å². The minimum atomic E-state index is -5.27. The van der Waals surface area contributed by atoms with Crippen molar-refractivity contribution in [3.05, 3.63) is 30.0 Å². The zero-order chi connectivity index (χ0) is 21.3. The van der Waals surface area contributed by atoms with E-state index in [-0.39, 0.29) is 22.8 Å². The maximum Gasteiger partial charge on any atom is 0.422 e. The van der Waals surface area contributed by atoms with Crippen LogP contribution < -0.4 is 24.8 Å². The summed E-state index contributed by atoms with van der Waals surface area (Å²) >= 11 is 0. The van der Waals surface area contributed by atoms with Gasteiger partial charge in [-0.3, -0.25) is 9.59 Å². The first-order chi connectivity index (χ1) is 13.1. The maximum absolute atomic E-state index is 13.8. The van der Waals surface area contributed by atoms with Gasteiger partial charge >= 0.3 is 6.18 Å². The van der Waals surface area contributed by atoms with Crippen molar-refractivity contribution in [2.24, 2.45) is 5.92 Å². The van der Waals surface area contributed by atoms with Gasteiger partial charge in [0.1, 0.15) is 5.92 Å². The summed E-state index contributed by atoms with van der Waals surface area (Å²) in [5.41, 5.74) is -4.26. The van der Waals surface area contributed by atoms with Crippen LogP contribution in [0.1, 0.15) is 10.4 Å². The molecule has 0 bridgehead atoms. The summed E-state index contributed by atoms with van der Waals surface area (Å²) < 4.78 is 56.7. The Hall–Kier alpha value is -3.42. The van der Waals surface area contributed by atoms with Crippen molar-refractivity contribution in [3.8, 4) is 23.3 Å². The summed E-state index contributed by atoms with van der Waals surface area (Å²) in [5.74, 6) is -4.77. The maximum atomic E-state index is 13.8. The highest BCUT2D eigenvalue weighted by molar-refractivity contribution is 6.02. The quantitative estimate of drug-likeness (QED) is 0.777. The van der Waals surface area contributed by atoms with E-state index < -0.39 is 35.1 Å². The van der Waals surface area contributed by atoms with Gasteiger partial charge in [0, 0.05) is 11.3 Å². The van der Waals surface area contributed by atoms with Gasteiger partial charge < -0.3 is 24.8 Å². The van der Waals surface area contributed by atoms with Crippen molar-refractivity contribution in [2.75, 3.05) is 21.3 Å². The second-order valence-electron chi connectivity index (χ2n) is 5.72. The van der Waals surface area contributed by atoms with E-state index in [4.69, 9.17) is 19.5 Å². The monoisotopic (exact) mass is 399 g/mol. The standard InChI is InChI=1S/C17H16F3N3O5/c1-8-10(7-21)16(15(25)22-8,17(18,19)20)23-14(24)9-5-11(26-2)13(28-4)12(6-9)27-3/h5-6,10H,1H2,2-4H3,(H,22,25)(H,23,24)/t10-,16+/m1/s1. The third kappa shape index (κ3) is 3.06. The topological polar surface area (TPSA) is 110 Å². The number of carbonyl (C=O) groups excluding carboxylic acids is 2. The molecule has 2 amide bonds. The molecule has 0 aliphatic carbocycles. The third-order valence-corrected chi connectivity index (χ3v) is 4.23. The predicted molar refractivity (Wildman–Crippen MR) is 88.7 cm³/mol. The number of hydrogen-bond donors (Lipinski definition) is 2. The van der Waals surface area contributed by atoms with Crippen LogP contribution in [0.3, 0.4) is 0 Å². The fraction of sp³-hybridized carbons (Fsp3) is 0.353. The molecule has 8 nitrogen and oxygen atoms in total. The first-order valence-electron chi connectivity index (χ1n) is 7.66. The third-order valence-electron chi connectivity index (χ3n) is 4.23. The Kier molecular flexibility index (Phi) is 5.45. The highest BCUT2D eigenvalue weighted by Gasteiger charge is 2.70. The Bertz CT molecular complexity index is 853. The minimum absolute atomic E-state index is 0.0187. The number of halogens is 3. The van der Waals surface area contributed by atoms with Gasteiger partial charge in [-0.25, -0.2) is 0 Å². The van der Waals surface area contributed by atoms with Crippen molar-refractivity contribution in [1.82, 2.24) is 10.6 Å². The molecular formula is C17H16F3N3O5. The summed E-state index contributed by atoms with van der Waals surface area (Å²) in [4.78, 5) is 24.7. The molecule has 2 rings (SSSR count). The van der Waals surface area contributed by atoms with Gasteiger partial charge in [-0.2, -0.15) is 18.4 Å². The van der Waals surface area contributed by atoms with Gasteiger partial charge in [0.2, 0.25) is 11.3 Å². The second-order valence-corrected chi connectivity index (χ2v) is 5.72. The molecule has 1 fully saturated rings. The SMILES string of the molecule is C=C1NC(=O)[C@](NC(=O)c2cc(OC)c(OC)c(OC)c2)(C(F)(F)F)[C@@H]1C#N. The Morgan fingerprint density at radius 1 is 1.25 bits per heavy atom. The van der Waals surface area contributed by atoms with Crippen LogP contribution in [-0.4, -0.2) is 44.9 Å². The molecule has 11 heteroatoms. The fourth-order valence-electron chi connectivity index (χ4n) is 2.84. The molecule has 0 aromatic heterocycles. The predicted octanol–water partition coefficient (Wildman–Crippen LogP) is 1.53. The second kappa shape index (κ2) is 7.30. The molecule has 1 aromatic carbocycles. The molecule has 1 saturated heterocycles. The van der Waals surface area contributed by atoms with Crippen LogP contribution in [-0.2, 0) is 4.79 Å². The van der Waals surface area contributed by atoms with E-state index in [1.165, 1.54) is 27.4 Å². The van der Waals surface area contributed by atoms with Gasteiger partial charge in [-0.1, -0.05) is 6.58 Å². The Morgan fingerprint density at radius 3 is 2.18 bits per heavy atom. The average Bonchev–Trinajstić information content (AvgIpc) is 2.89. The van der Waals surface area contributed by atoms with Gasteiger partial charge in [-0.05, 0) is 12.1 Å². The number of benzene rings is 1. The van der Waals surface area contributed by atoms with Crippen molar-refractivity contribution in [1.29, 1.82) is 5.26 Å². The van der Waals surface area contributed by atoms with Crippen LogP contribution in [0.25, 0.3) is 0 Å². The Labute approximate surface area is 157 Å². The van der Waals surface area contributed by atoms with E-state index >= 15 is 0 Å². The van der Waals surface area contributed by atoms with Crippen molar-refractivity contribution in [3.63, 3.8) is 0 Å². The number of alkyl halides is 3. The molecule has 1 aliphatic heterocycles. The lowest BCUT2D eigenvalue weighted by Crippen LogP contribution is -2.66. The molecule has 0 unspecified atom stereocenters. The van der Waals surface area contributed by atoms with Crippen LogP contribution in [0.2, 0.25) is 0 Å². The molecule has 1 aliphatic rings. The number of rotatable bonds is 5. The van der Waals surface area contributed by atoms with Crippen molar-refractivity contribution in [2.45, 2.75) is 11.7 Å². The number of carbonyl (C=O) groups is 2. The molecule has 2 N–H and O–H groups in total. The van der Waals surface area contributed by atoms with E-state index in [1.54, 1.807) is 5.32 Å². The number of hydrogen-bond acceptors (Lipinski definition) is 6. The lowest BCUT2D eigenvalue weighted by molar-refractivity contribution is -0.197. The Morgan fingerprint density at radius 2 is 1.79 bits per heavy atom. The zero-order valence-electron chi connectivity index (χ0n) is 15.1. The van der Waals surface area contributed by atoms with E-state index in [0.717, 1.165) is 12.1 Å². The molecule has 0 radical (unpaired) electrons. The summed E-state index contributed by atoms with van der Waals surface area (Å²) in [5, 5.41) is 12.7. The van der Waals surface area contributed by atoms with Gasteiger partial charge in [0.25, 0.3) is 11.8 Å². The average molecular weight is 399 g/mol. The zero-order valence-corrected chi connectivity index (χ0v) is 15.1. The van der Waals surface area contributed by atoms with E-state index in [9.17, 15) is 22.8 Å². The largest absolute Gasteiger partial charge is 0.493 e. The number of ether oxygens (including phenoxy) is 3. The van der Waals surface area contributed by atoms with Gasteiger partial charge in [0.05, 0.1) is 27.4 Å². The first kappa shape index (κ1) is 20.9. The Balaban J connectivity index is 2.56. The number of nitrogens with one attached hydrogen (secondary N) is 2. The van der Waals surface area contributed by atoms with E-state index in [1.807, 2.05) is 5.32 Å². The molecule has 1 heterocycles. The van der Waals surface area contributed by atoms with E-state index in [0.29, 0.717) is 0 Å². The normalized spacial score (nSPS) is 21.5. The molecule has 2 atom stereocenters. The van der Waals surface area contributed by atoms with Crippen molar-refractivity contribution < 1.29 is 37.0 Å². The van der Waals surface area contributed by atoms with E-state index in [2.05, 4.69) is 6.58 Å². The molecule has 1 aromatic rings. The first-order valence-corrected chi connectivity index (χ1v) is 7.66. The van der Waals surface area contributed by atoms with Crippen LogP contribution >= 0.6 is 0 Å². The molecule has 150 valence electrons. The number of methoxy groups -OCH3 is 3. The fourth-order valence-corrected chi connectivity index (χ4v) is 2.84. The molecular weight excluding hydrogens is 383 g/mol. The number of nitriles is 1. The summed E-state index contributed by atoms with van der Waals surface area (Å²) in [6.07, 6.45) is -5.27. The van der Waals surface area contributed by atoms with Gasteiger partial charge in [-0.15, -0.1) is 0 Å². The van der Waals surface area contributed by atoms with Gasteiger partial charge in [0.15, 0.2) is 11.5 Å². The lowest BCUT2D eigenvalue weighted by Gasteiger charge is -2.32. The highest BCUT2D eigenvalue weighted by atomic mass is 19.4. The number of nitrogens with zero attached hydrogens (tertiary/aromatic N) is 1. The molecule has 0 spiro atoms.